The van der Waals surface area contributed by atoms with Gasteiger partial charge >= 0.3 is 0 Å². The molecule has 1 aliphatic rings. The third-order valence-corrected chi connectivity index (χ3v) is 4.16. The van der Waals surface area contributed by atoms with Crippen LogP contribution in [0.2, 0.25) is 0 Å². The number of amides is 2. The molecule has 134 valence electrons. The van der Waals surface area contributed by atoms with E-state index in [0.717, 1.165) is 26.1 Å². The number of hydrogen-bond acceptors (Lipinski definition) is 4. The van der Waals surface area contributed by atoms with E-state index in [1.807, 2.05) is 17.0 Å². The number of nitrogens with one attached hydrogen (secondary N) is 1. The first-order valence-corrected chi connectivity index (χ1v) is 8.09. The molecule has 3 rings (SSSR count). The standard InChI is InChI=1S/C18H21N3O3.ClH/c1-20(18(23)16-8-4-13-24-16)15-7-3-2-6-14(15)17(22)21-11-5-9-19-10-12-21;/h2-4,6-8,13,19H,5,9-12H2,1H3;1H. The van der Waals surface area contributed by atoms with Gasteiger partial charge in [-0.2, -0.15) is 0 Å². The minimum absolute atomic E-state index is 0. The van der Waals surface area contributed by atoms with Crippen LogP contribution in [0.5, 0.6) is 0 Å². The minimum atomic E-state index is -0.280. The molecule has 2 heterocycles. The fraction of sp³-hybridized carbons (Fsp3) is 0.333. The molecule has 0 spiro atoms. The Morgan fingerprint density at radius 1 is 1.12 bits per heavy atom. The summed E-state index contributed by atoms with van der Waals surface area (Å²) < 4.78 is 5.18. The molecule has 1 N–H and O–H groups in total. The van der Waals surface area contributed by atoms with Crippen LogP contribution in [0, 0.1) is 0 Å². The predicted molar refractivity (Wildman–Crippen MR) is 98.5 cm³/mol. The highest BCUT2D eigenvalue weighted by Crippen LogP contribution is 2.23. The molecule has 1 aromatic heterocycles. The van der Waals surface area contributed by atoms with Gasteiger partial charge in [-0.05, 0) is 37.2 Å². The lowest BCUT2D eigenvalue weighted by atomic mass is 10.1. The second kappa shape index (κ2) is 8.69. The van der Waals surface area contributed by atoms with Gasteiger partial charge in [-0.25, -0.2) is 0 Å². The van der Waals surface area contributed by atoms with E-state index in [4.69, 9.17) is 4.42 Å². The number of hydrogen-bond donors (Lipinski definition) is 1. The molecule has 0 radical (unpaired) electrons. The molecule has 1 saturated heterocycles. The van der Waals surface area contributed by atoms with Gasteiger partial charge < -0.3 is 19.5 Å². The van der Waals surface area contributed by atoms with E-state index in [2.05, 4.69) is 5.32 Å². The van der Waals surface area contributed by atoms with Crippen molar-refractivity contribution in [2.75, 3.05) is 38.1 Å². The van der Waals surface area contributed by atoms with Gasteiger partial charge in [-0.15, -0.1) is 12.4 Å². The van der Waals surface area contributed by atoms with Crippen LogP contribution in [-0.2, 0) is 0 Å². The Morgan fingerprint density at radius 3 is 2.68 bits per heavy atom. The smallest absolute Gasteiger partial charge is 0.293 e. The zero-order chi connectivity index (χ0) is 16.9. The van der Waals surface area contributed by atoms with Gasteiger partial charge in [-0.1, -0.05) is 12.1 Å². The zero-order valence-electron chi connectivity index (χ0n) is 14.1. The van der Waals surface area contributed by atoms with Crippen molar-refractivity contribution in [2.45, 2.75) is 6.42 Å². The molecule has 25 heavy (non-hydrogen) atoms. The van der Waals surface area contributed by atoms with Crippen LogP contribution in [0.25, 0.3) is 0 Å². The van der Waals surface area contributed by atoms with E-state index in [9.17, 15) is 9.59 Å². The fourth-order valence-corrected chi connectivity index (χ4v) is 2.84. The van der Waals surface area contributed by atoms with Crippen LogP contribution >= 0.6 is 12.4 Å². The maximum Gasteiger partial charge on any atom is 0.293 e. The number of benzene rings is 1. The summed E-state index contributed by atoms with van der Waals surface area (Å²) >= 11 is 0. The Morgan fingerprint density at radius 2 is 1.92 bits per heavy atom. The number of nitrogens with zero attached hydrogens (tertiary/aromatic N) is 2. The first kappa shape index (κ1) is 19.0. The highest BCUT2D eigenvalue weighted by Gasteiger charge is 2.24. The molecule has 0 atom stereocenters. The van der Waals surface area contributed by atoms with Crippen molar-refractivity contribution in [3.05, 3.63) is 54.0 Å². The van der Waals surface area contributed by atoms with Gasteiger partial charge in [0, 0.05) is 26.7 Å². The van der Waals surface area contributed by atoms with Crippen molar-refractivity contribution < 1.29 is 14.0 Å². The van der Waals surface area contributed by atoms with Crippen molar-refractivity contribution in [3.63, 3.8) is 0 Å². The number of halogens is 1. The van der Waals surface area contributed by atoms with Crippen LogP contribution in [0.4, 0.5) is 5.69 Å². The monoisotopic (exact) mass is 363 g/mol. The van der Waals surface area contributed by atoms with Crippen molar-refractivity contribution in [1.82, 2.24) is 10.2 Å². The number of para-hydroxylation sites is 1. The SMILES string of the molecule is CN(C(=O)c1ccco1)c1ccccc1C(=O)N1CCCNCC1.Cl. The number of carbonyl (C=O) groups excluding carboxylic acids is 2. The molecule has 1 aliphatic heterocycles. The molecule has 2 aromatic rings. The van der Waals surface area contributed by atoms with Crippen LogP contribution in [0.3, 0.4) is 0 Å². The van der Waals surface area contributed by atoms with Crippen LogP contribution in [0.15, 0.2) is 47.1 Å². The van der Waals surface area contributed by atoms with E-state index >= 15 is 0 Å². The summed E-state index contributed by atoms with van der Waals surface area (Å²) in [5.74, 6) is -0.0788. The molecule has 0 unspecified atom stereocenters. The quantitative estimate of drug-likeness (QED) is 0.909. The lowest BCUT2D eigenvalue weighted by molar-refractivity contribution is 0.0767. The van der Waals surface area contributed by atoms with Gasteiger partial charge in [0.1, 0.15) is 0 Å². The van der Waals surface area contributed by atoms with Gasteiger partial charge in [0.2, 0.25) is 0 Å². The minimum Gasteiger partial charge on any atom is -0.459 e. The summed E-state index contributed by atoms with van der Waals surface area (Å²) in [4.78, 5) is 28.7. The number of anilines is 1. The molecule has 1 fully saturated rings. The second-order valence-electron chi connectivity index (χ2n) is 5.75. The molecule has 2 amide bonds. The first-order chi connectivity index (χ1) is 11.7. The maximum absolute atomic E-state index is 12.9. The highest BCUT2D eigenvalue weighted by molar-refractivity contribution is 6.09. The third-order valence-electron chi connectivity index (χ3n) is 4.16. The summed E-state index contributed by atoms with van der Waals surface area (Å²) in [7, 11) is 1.65. The Kier molecular flexibility index (Phi) is 6.61. The molecule has 6 nitrogen and oxygen atoms in total. The summed E-state index contributed by atoms with van der Waals surface area (Å²) in [5.41, 5.74) is 1.11. The fourth-order valence-electron chi connectivity index (χ4n) is 2.84. The molecule has 0 saturated carbocycles. The zero-order valence-corrected chi connectivity index (χ0v) is 14.9. The second-order valence-corrected chi connectivity index (χ2v) is 5.75. The summed E-state index contributed by atoms with van der Waals surface area (Å²) in [6, 6.07) is 10.5. The van der Waals surface area contributed by atoms with E-state index < -0.39 is 0 Å². The first-order valence-electron chi connectivity index (χ1n) is 8.09. The van der Waals surface area contributed by atoms with Crippen LogP contribution < -0.4 is 10.2 Å². The van der Waals surface area contributed by atoms with Gasteiger partial charge in [0.05, 0.1) is 17.5 Å². The largest absolute Gasteiger partial charge is 0.459 e. The molecular formula is C18H22ClN3O3. The van der Waals surface area contributed by atoms with Crippen LogP contribution in [0.1, 0.15) is 27.3 Å². The normalized spacial score (nSPS) is 14.4. The Labute approximate surface area is 153 Å². The number of rotatable bonds is 3. The van der Waals surface area contributed by atoms with Crippen molar-refractivity contribution >= 4 is 29.9 Å². The topological polar surface area (TPSA) is 65.8 Å². The third kappa shape index (κ3) is 4.21. The molecule has 1 aromatic carbocycles. The Hall–Kier alpha value is -2.31. The average Bonchev–Trinajstić information content (AvgIpc) is 3.02. The van der Waals surface area contributed by atoms with Crippen molar-refractivity contribution in [3.8, 4) is 0 Å². The van der Waals surface area contributed by atoms with Crippen molar-refractivity contribution in [1.29, 1.82) is 0 Å². The lowest BCUT2D eigenvalue weighted by Crippen LogP contribution is -2.36. The van der Waals surface area contributed by atoms with E-state index in [-0.39, 0.29) is 30.0 Å². The maximum atomic E-state index is 12.9. The van der Waals surface area contributed by atoms with Gasteiger partial charge in [-0.3, -0.25) is 9.59 Å². The Balaban J connectivity index is 0.00000225. The number of carbonyl (C=O) groups is 2. The average molecular weight is 364 g/mol. The molecule has 0 aliphatic carbocycles. The number of furan rings is 1. The van der Waals surface area contributed by atoms with Crippen molar-refractivity contribution in [2.24, 2.45) is 0 Å². The van der Waals surface area contributed by atoms with Gasteiger partial charge in [0.15, 0.2) is 5.76 Å². The summed E-state index contributed by atoms with van der Waals surface area (Å²) in [6.07, 6.45) is 2.39. The van der Waals surface area contributed by atoms with Gasteiger partial charge in [0.25, 0.3) is 11.8 Å². The Bertz CT molecular complexity index is 710. The predicted octanol–water partition coefficient (Wildman–Crippen LogP) is 2.41. The molecule has 7 heteroatoms. The van der Waals surface area contributed by atoms with E-state index in [0.29, 0.717) is 17.8 Å². The lowest BCUT2D eigenvalue weighted by Gasteiger charge is -2.24. The highest BCUT2D eigenvalue weighted by atomic mass is 35.5. The summed E-state index contributed by atoms with van der Waals surface area (Å²) in [6.45, 7) is 3.09. The summed E-state index contributed by atoms with van der Waals surface area (Å²) in [5, 5.41) is 3.29. The molecule has 0 bridgehead atoms. The van der Waals surface area contributed by atoms with E-state index in [1.165, 1.54) is 11.2 Å². The van der Waals surface area contributed by atoms with Crippen LogP contribution in [-0.4, -0.2) is 49.9 Å². The van der Waals surface area contributed by atoms with E-state index in [1.54, 1.807) is 31.3 Å². The molecular weight excluding hydrogens is 342 g/mol.